The molecular formula is C32H42F3N3O4. The smallest absolute Gasteiger partial charge is 0.406 e. The third-order valence-corrected chi connectivity index (χ3v) is 8.16. The Balaban J connectivity index is 1.41. The first kappa shape index (κ1) is 31.7. The van der Waals surface area contributed by atoms with Gasteiger partial charge in [0.1, 0.15) is 5.75 Å². The van der Waals surface area contributed by atoms with Gasteiger partial charge < -0.3 is 25.0 Å². The highest BCUT2D eigenvalue weighted by molar-refractivity contribution is 5.86. The molecule has 4 rings (SSSR count). The molecule has 10 heteroatoms. The first-order chi connectivity index (χ1) is 20.2. The molecule has 42 heavy (non-hydrogen) atoms. The fraction of sp³-hybridized carbons (Fsp3) is 0.562. The van der Waals surface area contributed by atoms with Crippen molar-refractivity contribution in [3.05, 3.63) is 60.2 Å². The minimum atomic E-state index is -4.75. The van der Waals surface area contributed by atoms with E-state index < -0.39 is 12.3 Å². The zero-order chi connectivity index (χ0) is 29.8. The van der Waals surface area contributed by atoms with Crippen molar-refractivity contribution in [2.75, 3.05) is 38.2 Å². The van der Waals surface area contributed by atoms with Gasteiger partial charge in [0.2, 0.25) is 11.8 Å². The second kappa shape index (κ2) is 15.8. The third kappa shape index (κ3) is 10.9. The van der Waals surface area contributed by atoms with Crippen molar-refractivity contribution >= 4 is 17.5 Å². The maximum atomic E-state index is 13.7. The highest BCUT2D eigenvalue weighted by Gasteiger charge is 2.31. The van der Waals surface area contributed by atoms with E-state index in [-0.39, 0.29) is 30.0 Å². The molecule has 0 bridgehead atoms. The quantitative estimate of drug-likeness (QED) is 0.285. The standard InChI is InChI=1S/C32H42F3N3O4/c33-32(34,35)42-29-16-14-27(15-17-29)36-23-28(13-11-25-6-2-1-3-7-25)37-31(40)26(12-10-24-8-4-5-9-24)22-30(39)38-18-20-41-21-19-38/h1-3,6-7,14-17,24,26,28,36H,4-5,8-13,18-23H2,(H,37,40)/t26-,28-/m0/s1. The number of hydrogen-bond acceptors (Lipinski definition) is 5. The van der Waals surface area contributed by atoms with Gasteiger partial charge >= 0.3 is 6.36 Å². The van der Waals surface area contributed by atoms with Gasteiger partial charge in [-0.05, 0) is 61.4 Å². The van der Waals surface area contributed by atoms with E-state index in [4.69, 9.17) is 4.74 Å². The maximum absolute atomic E-state index is 13.7. The van der Waals surface area contributed by atoms with Crippen LogP contribution in [0.5, 0.6) is 5.75 Å². The number of halogens is 3. The van der Waals surface area contributed by atoms with Crippen LogP contribution in [0.1, 0.15) is 56.9 Å². The molecule has 0 unspecified atom stereocenters. The summed E-state index contributed by atoms with van der Waals surface area (Å²) in [5.74, 6) is -0.233. The molecule has 2 aromatic rings. The van der Waals surface area contributed by atoms with E-state index in [1.165, 1.54) is 49.9 Å². The first-order valence-corrected chi connectivity index (χ1v) is 15.0. The molecule has 1 saturated carbocycles. The minimum Gasteiger partial charge on any atom is -0.406 e. The number of carbonyl (C=O) groups is 2. The number of alkyl halides is 3. The summed E-state index contributed by atoms with van der Waals surface area (Å²) in [5.41, 5.74) is 1.76. The summed E-state index contributed by atoms with van der Waals surface area (Å²) < 4.78 is 46.9. The molecule has 2 aliphatic rings. The predicted molar refractivity (Wildman–Crippen MR) is 155 cm³/mol. The second-order valence-corrected chi connectivity index (χ2v) is 11.3. The molecule has 2 atom stereocenters. The molecule has 2 aromatic carbocycles. The number of carbonyl (C=O) groups excluding carboxylic acids is 2. The molecule has 0 spiro atoms. The number of amides is 2. The van der Waals surface area contributed by atoms with Crippen LogP contribution in [0.4, 0.5) is 18.9 Å². The fourth-order valence-electron chi connectivity index (χ4n) is 5.76. The number of hydrogen-bond donors (Lipinski definition) is 2. The normalized spacial score (nSPS) is 17.5. The summed E-state index contributed by atoms with van der Waals surface area (Å²) in [4.78, 5) is 28.6. The van der Waals surface area contributed by atoms with Crippen molar-refractivity contribution in [2.24, 2.45) is 11.8 Å². The van der Waals surface area contributed by atoms with Crippen molar-refractivity contribution in [1.29, 1.82) is 0 Å². The molecule has 1 saturated heterocycles. The lowest BCUT2D eigenvalue weighted by Crippen LogP contribution is -2.46. The summed E-state index contributed by atoms with van der Waals surface area (Å²) in [5, 5.41) is 6.46. The SMILES string of the molecule is O=C(N[C@@H](CCc1ccccc1)CNc1ccc(OC(F)(F)F)cc1)[C@@H](CCC1CCCC1)CC(=O)N1CCOCC1. The predicted octanol–water partition coefficient (Wildman–Crippen LogP) is 5.95. The van der Waals surface area contributed by atoms with Crippen molar-refractivity contribution in [1.82, 2.24) is 10.2 Å². The molecule has 1 heterocycles. The van der Waals surface area contributed by atoms with Crippen LogP contribution in [-0.2, 0) is 20.7 Å². The number of nitrogens with one attached hydrogen (secondary N) is 2. The Morgan fingerprint density at radius 3 is 2.33 bits per heavy atom. The van der Waals surface area contributed by atoms with Gasteiger partial charge in [-0.3, -0.25) is 9.59 Å². The Morgan fingerprint density at radius 1 is 0.976 bits per heavy atom. The summed E-state index contributed by atoms with van der Waals surface area (Å²) in [6, 6.07) is 15.3. The molecule has 230 valence electrons. The van der Waals surface area contributed by atoms with Crippen LogP contribution in [0.25, 0.3) is 0 Å². The number of rotatable bonds is 14. The summed E-state index contributed by atoms with van der Waals surface area (Å²) in [7, 11) is 0. The number of anilines is 1. The molecule has 1 aliphatic carbocycles. The zero-order valence-corrected chi connectivity index (χ0v) is 24.0. The van der Waals surface area contributed by atoms with Crippen molar-refractivity contribution < 1.29 is 32.2 Å². The van der Waals surface area contributed by atoms with Crippen LogP contribution in [0.3, 0.4) is 0 Å². The Labute approximate surface area is 246 Å². The lowest BCUT2D eigenvalue weighted by atomic mass is 9.91. The minimum absolute atomic E-state index is 0.00926. The van der Waals surface area contributed by atoms with E-state index in [0.717, 1.165) is 18.4 Å². The summed E-state index contributed by atoms with van der Waals surface area (Å²) >= 11 is 0. The number of nitrogens with zero attached hydrogens (tertiary/aromatic N) is 1. The number of benzene rings is 2. The monoisotopic (exact) mass is 589 g/mol. The first-order valence-electron chi connectivity index (χ1n) is 15.0. The molecule has 2 N–H and O–H groups in total. The van der Waals surface area contributed by atoms with Crippen molar-refractivity contribution in [3.63, 3.8) is 0 Å². The maximum Gasteiger partial charge on any atom is 0.573 e. The van der Waals surface area contributed by atoms with Gasteiger partial charge in [-0.15, -0.1) is 13.2 Å². The number of morpholine rings is 1. The fourth-order valence-corrected chi connectivity index (χ4v) is 5.76. The largest absolute Gasteiger partial charge is 0.573 e. The van der Waals surface area contributed by atoms with Gasteiger partial charge in [-0.2, -0.15) is 0 Å². The molecular weight excluding hydrogens is 547 g/mol. The van der Waals surface area contributed by atoms with Gasteiger partial charge in [0.25, 0.3) is 0 Å². The van der Waals surface area contributed by atoms with Crippen LogP contribution >= 0.6 is 0 Å². The molecule has 2 fully saturated rings. The highest BCUT2D eigenvalue weighted by atomic mass is 19.4. The molecule has 7 nitrogen and oxygen atoms in total. The molecule has 0 aromatic heterocycles. The van der Waals surface area contributed by atoms with E-state index in [1.54, 1.807) is 4.90 Å². The van der Waals surface area contributed by atoms with E-state index in [1.807, 2.05) is 30.3 Å². The number of aryl methyl sites for hydroxylation is 1. The average Bonchev–Trinajstić information content (AvgIpc) is 3.51. The number of ether oxygens (including phenoxy) is 2. The third-order valence-electron chi connectivity index (χ3n) is 8.16. The van der Waals surface area contributed by atoms with Crippen molar-refractivity contribution in [2.45, 2.75) is 70.2 Å². The second-order valence-electron chi connectivity index (χ2n) is 11.3. The molecule has 0 radical (unpaired) electrons. The highest BCUT2D eigenvalue weighted by Crippen LogP contribution is 2.31. The van der Waals surface area contributed by atoms with Crippen LogP contribution in [0, 0.1) is 11.8 Å². The Morgan fingerprint density at radius 2 is 1.67 bits per heavy atom. The van der Waals surface area contributed by atoms with E-state index in [2.05, 4.69) is 15.4 Å². The molecule has 2 amide bonds. The Hall–Kier alpha value is -3.27. The van der Waals surface area contributed by atoms with E-state index in [9.17, 15) is 22.8 Å². The van der Waals surface area contributed by atoms with Gasteiger partial charge in [0, 0.05) is 43.7 Å². The lowest BCUT2D eigenvalue weighted by molar-refractivity contribution is -0.274. The van der Waals surface area contributed by atoms with Gasteiger partial charge in [0.15, 0.2) is 0 Å². The van der Waals surface area contributed by atoms with Crippen LogP contribution < -0.4 is 15.4 Å². The van der Waals surface area contributed by atoms with Gasteiger partial charge in [-0.1, -0.05) is 56.0 Å². The summed E-state index contributed by atoms with van der Waals surface area (Å²) in [6.07, 6.45) is 3.26. The van der Waals surface area contributed by atoms with Gasteiger partial charge in [0.05, 0.1) is 13.2 Å². The van der Waals surface area contributed by atoms with E-state index >= 15 is 0 Å². The van der Waals surface area contributed by atoms with Crippen LogP contribution in [0.2, 0.25) is 0 Å². The van der Waals surface area contributed by atoms with Crippen molar-refractivity contribution in [3.8, 4) is 5.75 Å². The van der Waals surface area contributed by atoms with E-state index in [0.29, 0.717) is 57.3 Å². The lowest BCUT2D eigenvalue weighted by Gasteiger charge is -2.29. The topological polar surface area (TPSA) is 79.9 Å². The van der Waals surface area contributed by atoms with Crippen LogP contribution in [-0.4, -0.2) is 62.0 Å². The zero-order valence-electron chi connectivity index (χ0n) is 24.0. The molecule has 1 aliphatic heterocycles. The Bertz CT molecular complexity index is 1100. The summed E-state index contributed by atoms with van der Waals surface area (Å²) in [6.45, 7) is 2.51. The van der Waals surface area contributed by atoms with Crippen LogP contribution in [0.15, 0.2) is 54.6 Å². The Kier molecular flexibility index (Phi) is 11.9. The van der Waals surface area contributed by atoms with Gasteiger partial charge in [-0.25, -0.2) is 0 Å². The average molecular weight is 590 g/mol.